The van der Waals surface area contributed by atoms with E-state index in [0.717, 1.165) is 35.4 Å². The SMILES string of the molecule is Cc1noc(C)c1CCC1CC(=O)C(C(c2ccccc2)C2CC2)=CO1. The molecule has 1 aromatic carbocycles. The van der Waals surface area contributed by atoms with Gasteiger partial charge in [0.1, 0.15) is 11.9 Å². The third-order valence-corrected chi connectivity index (χ3v) is 5.61. The van der Waals surface area contributed by atoms with Crippen molar-refractivity contribution in [3.8, 4) is 0 Å². The average Bonchev–Trinajstić information content (AvgIpc) is 3.42. The third-order valence-electron chi connectivity index (χ3n) is 5.61. The molecule has 0 N–H and O–H groups in total. The number of hydrogen-bond donors (Lipinski definition) is 0. The van der Waals surface area contributed by atoms with E-state index in [9.17, 15) is 4.79 Å². The van der Waals surface area contributed by atoms with Gasteiger partial charge in [0.15, 0.2) is 5.78 Å². The molecule has 0 amide bonds. The normalized spacial score (nSPS) is 21.2. The largest absolute Gasteiger partial charge is 0.497 e. The van der Waals surface area contributed by atoms with Gasteiger partial charge in [-0.1, -0.05) is 35.5 Å². The summed E-state index contributed by atoms with van der Waals surface area (Å²) in [7, 11) is 0. The third kappa shape index (κ3) is 3.46. The van der Waals surface area contributed by atoms with Crippen LogP contribution in [0.3, 0.4) is 0 Å². The Kier molecular flexibility index (Phi) is 4.66. The smallest absolute Gasteiger partial charge is 0.166 e. The number of ketones is 1. The first kappa shape index (κ1) is 17.1. The van der Waals surface area contributed by atoms with Gasteiger partial charge in [-0.3, -0.25) is 4.79 Å². The van der Waals surface area contributed by atoms with Crippen LogP contribution in [0.2, 0.25) is 0 Å². The highest BCUT2D eigenvalue weighted by Gasteiger charge is 2.39. The number of nitrogens with zero attached hydrogens (tertiary/aromatic N) is 1. The highest BCUT2D eigenvalue weighted by molar-refractivity contribution is 5.97. The van der Waals surface area contributed by atoms with Crippen molar-refractivity contribution in [1.29, 1.82) is 0 Å². The van der Waals surface area contributed by atoms with Crippen LogP contribution >= 0.6 is 0 Å². The lowest BCUT2D eigenvalue weighted by Crippen LogP contribution is -2.26. The van der Waals surface area contributed by atoms with Crippen LogP contribution in [0.25, 0.3) is 0 Å². The van der Waals surface area contributed by atoms with E-state index in [1.165, 1.54) is 18.4 Å². The highest BCUT2D eigenvalue weighted by atomic mass is 16.5. The minimum absolute atomic E-state index is 0.0597. The molecule has 0 radical (unpaired) electrons. The van der Waals surface area contributed by atoms with Crippen molar-refractivity contribution in [3.05, 3.63) is 64.7 Å². The number of hydrogen-bond acceptors (Lipinski definition) is 4. The topological polar surface area (TPSA) is 52.3 Å². The van der Waals surface area contributed by atoms with Crippen LogP contribution in [-0.2, 0) is 16.0 Å². The number of aryl methyl sites for hydroxylation is 2. The van der Waals surface area contributed by atoms with Gasteiger partial charge >= 0.3 is 0 Å². The van der Waals surface area contributed by atoms with Crippen molar-refractivity contribution in [1.82, 2.24) is 5.16 Å². The van der Waals surface area contributed by atoms with E-state index in [1.54, 1.807) is 6.26 Å². The Balaban J connectivity index is 1.46. The van der Waals surface area contributed by atoms with Gasteiger partial charge in [-0.2, -0.15) is 0 Å². The van der Waals surface area contributed by atoms with Gasteiger partial charge in [-0.25, -0.2) is 0 Å². The molecule has 2 aromatic rings. The molecular weight excluding hydrogens is 326 g/mol. The minimum Gasteiger partial charge on any atom is -0.497 e. The fraction of sp³-hybridized carbons (Fsp3) is 0.455. The van der Waals surface area contributed by atoms with Gasteiger partial charge in [-0.15, -0.1) is 0 Å². The predicted molar refractivity (Wildman–Crippen MR) is 98.8 cm³/mol. The van der Waals surface area contributed by atoms with Crippen molar-refractivity contribution in [2.45, 2.75) is 58.0 Å². The Labute approximate surface area is 154 Å². The summed E-state index contributed by atoms with van der Waals surface area (Å²) < 4.78 is 11.2. The summed E-state index contributed by atoms with van der Waals surface area (Å²) in [6.07, 6.45) is 6.17. The molecule has 0 bridgehead atoms. The standard InChI is InChI=1S/C22H25NO3/c1-14-19(15(2)26-23-14)11-10-18-12-21(24)20(13-25-18)22(17-8-9-17)16-6-4-3-5-7-16/h3-7,13,17-18,22H,8-12H2,1-2H3. The van der Waals surface area contributed by atoms with Crippen molar-refractivity contribution in [2.75, 3.05) is 0 Å². The monoisotopic (exact) mass is 351 g/mol. The first-order valence-corrected chi connectivity index (χ1v) is 9.49. The quantitative estimate of drug-likeness (QED) is 0.759. The Morgan fingerprint density at radius 1 is 1.19 bits per heavy atom. The van der Waals surface area contributed by atoms with Crippen LogP contribution in [-0.4, -0.2) is 17.0 Å². The molecule has 2 aliphatic rings. The lowest BCUT2D eigenvalue weighted by molar-refractivity contribution is -0.119. The molecule has 1 aromatic heterocycles. The highest BCUT2D eigenvalue weighted by Crippen LogP contribution is 2.47. The molecule has 1 fully saturated rings. The molecule has 1 saturated carbocycles. The molecule has 4 nitrogen and oxygen atoms in total. The minimum atomic E-state index is -0.0597. The van der Waals surface area contributed by atoms with E-state index in [1.807, 2.05) is 32.0 Å². The van der Waals surface area contributed by atoms with E-state index in [2.05, 4.69) is 17.3 Å². The molecule has 1 aliphatic heterocycles. The van der Waals surface area contributed by atoms with Crippen molar-refractivity contribution in [2.24, 2.45) is 5.92 Å². The Hall–Kier alpha value is -2.36. The summed E-state index contributed by atoms with van der Waals surface area (Å²) in [5.74, 6) is 1.86. The second-order valence-corrected chi connectivity index (χ2v) is 7.53. The van der Waals surface area contributed by atoms with Crippen molar-refractivity contribution in [3.63, 3.8) is 0 Å². The van der Waals surface area contributed by atoms with Crippen LogP contribution in [0.1, 0.15) is 54.2 Å². The van der Waals surface area contributed by atoms with Crippen LogP contribution in [0.15, 0.2) is 46.7 Å². The number of carbonyl (C=O) groups excluding carboxylic acids is 1. The number of carbonyl (C=O) groups is 1. The molecule has 4 rings (SSSR count). The van der Waals surface area contributed by atoms with Gasteiger partial charge in [0.05, 0.1) is 12.0 Å². The lowest BCUT2D eigenvalue weighted by atomic mass is 9.83. The average molecular weight is 351 g/mol. The molecule has 1 aliphatic carbocycles. The summed E-state index contributed by atoms with van der Waals surface area (Å²) in [5, 5.41) is 4.00. The number of benzene rings is 1. The van der Waals surface area contributed by atoms with Gasteiger partial charge in [0, 0.05) is 23.5 Å². The molecule has 2 heterocycles. The first-order valence-electron chi connectivity index (χ1n) is 9.49. The van der Waals surface area contributed by atoms with Gasteiger partial charge in [0.2, 0.25) is 0 Å². The summed E-state index contributed by atoms with van der Waals surface area (Å²) in [6.45, 7) is 3.89. The molecule has 0 spiro atoms. The zero-order valence-electron chi connectivity index (χ0n) is 15.4. The number of rotatable bonds is 6. The molecular formula is C22H25NO3. The second kappa shape index (κ2) is 7.10. The molecule has 136 valence electrons. The zero-order chi connectivity index (χ0) is 18.1. The second-order valence-electron chi connectivity index (χ2n) is 7.53. The number of allylic oxidation sites excluding steroid dienone is 1. The summed E-state index contributed by atoms with van der Waals surface area (Å²) in [5.41, 5.74) is 4.15. The maximum Gasteiger partial charge on any atom is 0.166 e. The Morgan fingerprint density at radius 3 is 2.58 bits per heavy atom. The van der Waals surface area contributed by atoms with Gasteiger partial charge in [0.25, 0.3) is 0 Å². The Bertz CT molecular complexity index is 798. The number of ether oxygens (including phenoxy) is 1. The Morgan fingerprint density at radius 2 is 1.96 bits per heavy atom. The maximum atomic E-state index is 12.9. The van der Waals surface area contributed by atoms with E-state index in [4.69, 9.17) is 9.26 Å². The summed E-state index contributed by atoms with van der Waals surface area (Å²) in [4.78, 5) is 12.9. The first-order chi connectivity index (χ1) is 12.6. The fourth-order valence-electron chi connectivity index (χ4n) is 3.98. The van der Waals surface area contributed by atoms with E-state index in [0.29, 0.717) is 12.3 Å². The van der Waals surface area contributed by atoms with Crippen LogP contribution in [0.5, 0.6) is 0 Å². The maximum absolute atomic E-state index is 12.9. The van der Waals surface area contributed by atoms with Gasteiger partial charge in [-0.05, 0) is 51.0 Å². The van der Waals surface area contributed by atoms with E-state index in [-0.39, 0.29) is 17.8 Å². The summed E-state index contributed by atoms with van der Waals surface area (Å²) >= 11 is 0. The van der Waals surface area contributed by atoms with E-state index >= 15 is 0 Å². The van der Waals surface area contributed by atoms with E-state index < -0.39 is 0 Å². The number of Topliss-reactive ketones (excluding diaryl/α,β-unsaturated/α-hetero) is 1. The van der Waals surface area contributed by atoms with Gasteiger partial charge < -0.3 is 9.26 Å². The molecule has 26 heavy (non-hydrogen) atoms. The zero-order valence-corrected chi connectivity index (χ0v) is 15.4. The van der Waals surface area contributed by atoms with Crippen molar-refractivity contribution >= 4 is 5.78 Å². The molecule has 4 heteroatoms. The van der Waals surface area contributed by atoms with Crippen molar-refractivity contribution < 1.29 is 14.1 Å². The summed E-state index contributed by atoms with van der Waals surface area (Å²) in [6, 6.07) is 10.4. The lowest BCUT2D eigenvalue weighted by Gasteiger charge is -2.27. The number of aromatic nitrogens is 1. The fourth-order valence-corrected chi connectivity index (χ4v) is 3.98. The van der Waals surface area contributed by atoms with Crippen LogP contribution in [0.4, 0.5) is 0 Å². The molecule has 2 unspecified atom stereocenters. The predicted octanol–water partition coefficient (Wildman–Crippen LogP) is 4.66. The molecule has 0 saturated heterocycles. The van der Waals surface area contributed by atoms with Crippen LogP contribution < -0.4 is 0 Å². The van der Waals surface area contributed by atoms with Crippen LogP contribution in [0, 0.1) is 19.8 Å². The molecule has 2 atom stereocenters.